The molecule has 0 heterocycles. The Morgan fingerprint density at radius 1 is 0.872 bits per heavy atom. The predicted octanol–water partition coefficient (Wildman–Crippen LogP) is 4.87. The normalized spacial score (nSPS) is 13.6. The van der Waals surface area contributed by atoms with Gasteiger partial charge < -0.3 is 25.2 Å². The molecular formula is C31H34N2O6. The molecule has 0 fully saturated rings. The quantitative estimate of drug-likeness (QED) is 0.272. The van der Waals surface area contributed by atoms with Crippen molar-refractivity contribution in [3.63, 3.8) is 0 Å². The lowest BCUT2D eigenvalue weighted by molar-refractivity contribution is -0.146. The minimum Gasteiger partial charge on any atom is -0.480 e. The second-order valence-electron chi connectivity index (χ2n) is 9.59. The molecule has 4 rings (SSSR count). The summed E-state index contributed by atoms with van der Waals surface area (Å²) < 4.78 is 11.2. The number of alkyl carbamates (subject to hydrolysis) is 1. The zero-order valence-corrected chi connectivity index (χ0v) is 22.0. The number of hydrogen-bond donors (Lipinski definition) is 3. The zero-order valence-electron chi connectivity index (χ0n) is 22.0. The van der Waals surface area contributed by atoms with Gasteiger partial charge in [-0.3, -0.25) is 4.79 Å². The van der Waals surface area contributed by atoms with Gasteiger partial charge in [-0.05, 0) is 47.6 Å². The summed E-state index contributed by atoms with van der Waals surface area (Å²) in [5, 5.41) is 14.8. The minimum absolute atomic E-state index is 0.00640. The van der Waals surface area contributed by atoms with E-state index in [-0.39, 0.29) is 31.5 Å². The number of carbonyl (C=O) groups is 3. The van der Waals surface area contributed by atoms with Crippen LogP contribution in [0, 0.1) is 0 Å². The van der Waals surface area contributed by atoms with E-state index in [1.54, 1.807) is 6.92 Å². The highest BCUT2D eigenvalue weighted by molar-refractivity contribution is 5.84. The van der Waals surface area contributed by atoms with Crippen molar-refractivity contribution in [2.75, 3.05) is 13.2 Å². The lowest BCUT2D eigenvalue weighted by atomic mass is 9.98. The number of hydrogen-bond acceptors (Lipinski definition) is 5. The molecule has 39 heavy (non-hydrogen) atoms. The standard InChI is InChI=1S/C31H34N2O6/c1-21(38-19-22-11-3-2-4-12-22)29(30(35)36)33-28(34)17-9-10-18-32-31(37)39-20-27-25-15-7-5-13-23(25)24-14-6-8-16-26(24)27/h2-8,11-16,21,27,29H,9-10,17-20H2,1H3,(H,32,37)(H,33,34)(H,35,36)/t21-,29+/m0/s1. The predicted molar refractivity (Wildman–Crippen MR) is 147 cm³/mol. The topological polar surface area (TPSA) is 114 Å². The molecule has 0 unspecified atom stereocenters. The number of aliphatic carboxylic acids is 1. The average Bonchev–Trinajstić information content (AvgIpc) is 3.27. The fourth-order valence-electron chi connectivity index (χ4n) is 4.77. The molecule has 8 nitrogen and oxygen atoms in total. The Morgan fingerprint density at radius 2 is 1.49 bits per heavy atom. The van der Waals surface area contributed by atoms with Crippen LogP contribution in [0.5, 0.6) is 0 Å². The number of ether oxygens (including phenoxy) is 2. The molecule has 1 aliphatic rings. The molecule has 8 heteroatoms. The van der Waals surface area contributed by atoms with Gasteiger partial charge in [-0.1, -0.05) is 78.9 Å². The first-order valence-electron chi connectivity index (χ1n) is 13.2. The van der Waals surface area contributed by atoms with Gasteiger partial charge in [0, 0.05) is 18.9 Å². The molecule has 3 N–H and O–H groups in total. The second kappa shape index (κ2) is 13.6. The first kappa shape index (κ1) is 27.9. The van der Waals surface area contributed by atoms with Crippen molar-refractivity contribution >= 4 is 18.0 Å². The van der Waals surface area contributed by atoms with Crippen LogP contribution in [0.1, 0.15) is 48.8 Å². The maximum atomic E-state index is 12.3. The van der Waals surface area contributed by atoms with E-state index in [1.165, 1.54) is 11.1 Å². The molecule has 2 atom stereocenters. The molecule has 0 spiro atoms. The van der Waals surface area contributed by atoms with E-state index in [0.29, 0.717) is 19.4 Å². The summed E-state index contributed by atoms with van der Waals surface area (Å²) >= 11 is 0. The van der Waals surface area contributed by atoms with Gasteiger partial charge in [-0.2, -0.15) is 0 Å². The van der Waals surface area contributed by atoms with Crippen LogP contribution in [0.2, 0.25) is 0 Å². The zero-order chi connectivity index (χ0) is 27.6. The summed E-state index contributed by atoms with van der Waals surface area (Å²) in [5.41, 5.74) is 5.56. The Kier molecular flexibility index (Phi) is 9.69. The van der Waals surface area contributed by atoms with Crippen molar-refractivity contribution in [3.05, 3.63) is 95.6 Å². The van der Waals surface area contributed by atoms with Gasteiger partial charge in [0.15, 0.2) is 6.04 Å². The molecule has 0 saturated heterocycles. The monoisotopic (exact) mass is 530 g/mol. The number of carboxylic acids is 1. The Bertz CT molecular complexity index is 1230. The second-order valence-corrected chi connectivity index (χ2v) is 9.59. The molecule has 0 aromatic heterocycles. The fourth-order valence-corrected chi connectivity index (χ4v) is 4.77. The van der Waals surface area contributed by atoms with E-state index in [2.05, 4.69) is 34.9 Å². The third kappa shape index (κ3) is 7.45. The van der Waals surface area contributed by atoms with Crippen LogP contribution in [0.3, 0.4) is 0 Å². The molecule has 2 amide bonds. The van der Waals surface area contributed by atoms with E-state index >= 15 is 0 Å². The number of benzene rings is 3. The highest BCUT2D eigenvalue weighted by atomic mass is 16.5. The minimum atomic E-state index is -1.15. The lowest BCUT2D eigenvalue weighted by Crippen LogP contribution is -2.48. The Hall–Kier alpha value is -4.17. The van der Waals surface area contributed by atoms with Crippen molar-refractivity contribution in [1.82, 2.24) is 10.6 Å². The van der Waals surface area contributed by atoms with Crippen molar-refractivity contribution in [2.45, 2.75) is 50.9 Å². The van der Waals surface area contributed by atoms with Crippen LogP contribution in [0.15, 0.2) is 78.9 Å². The Labute approximate surface area is 228 Å². The van der Waals surface area contributed by atoms with Gasteiger partial charge in [0.25, 0.3) is 0 Å². The van der Waals surface area contributed by atoms with Crippen LogP contribution < -0.4 is 10.6 Å². The maximum Gasteiger partial charge on any atom is 0.407 e. The van der Waals surface area contributed by atoms with Crippen LogP contribution in [0.25, 0.3) is 11.1 Å². The largest absolute Gasteiger partial charge is 0.480 e. The molecule has 204 valence electrons. The number of amides is 2. The number of carbonyl (C=O) groups excluding carboxylic acids is 2. The molecule has 1 aliphatic carbocycles. The lowest BCUT2D eigenvalue weighted by Gasteiger charge is -2.22. The van der Waals surface area contributed by atoms with Crippen molar-refractivity contribution in [2.24, 2.45) is 0 Å². The maximum absolute atomic E-state index is 12.3. The van der Waals surface area contributed by atoms with Gasteiger partial charge in [-0.15, -0.1) is 0 Å². The summed E-state index contributed by atoms with van der Waals surface area (Å²) in [5.74, 6) is -1.53. The van der Waals surface area contributed by atoms with E-state index in [4.69, 9.17) is 9.47 Å². The summed E-state index contributed by atoms with van der Waals surface area (Å²) in [6.07, 6.45) is -0.0311. The van der Waals surface area contributed by atoms with Crippen LogP contribution in [-0.4, -0.2) is 48.4 Å². The fraction of sp³-hybridized carbons (Fsp3) is 0.323. The van der Waals surface area contributed by atoms with Gasteiger partial charge in [0.1, 0.15) is 6.61 Å². The molecule has 3 aromatic rings. The number of carboxylic acid groups (broad SMARTS) is 1. The summed E-state index contributed by atoms with van der Waals surface area (Å²) in [6.45, 7) is 2.47. The molecule has 0 bridgehead atoms. The van der Waals surface area contributed by atoms with E-state index in [1.807, 2.05) is 54.6 Å². The van der Waals surface area contributed by atoms with Crippen LogP contribution in [-0.2, 0) is 25.7 Å². The van der Waals surface area contributed by atoms with Gasteiger partial charge >= 0.3 is 12.1 Å². The number of rotatable bonds is 13. The first-order valence-corrected chi connectivity index (χ1v) is 13.2. The summed E-state index contributed by atoms with van der Waals surface area (Å²) in [4.78, 5) is 36.3. The van der Waals surface area contributed by atoms with Crippen LogP contribution in [0.4, 0.5) is 4.79 Å². The molecule has 0 radical (unpaired) electrons. The molecule has 0 saturated carbocycles. The number of fused-ring (bicyclic) bond motifs is 3. The third-order valence-electron chi connectivity index (χ3n) is 6.85. The molecule has 0 aliphatic heterocycles. The summed E-state index contributed by atoms with van der Waals surface area (Å²) in [7, 11) is 0. The Balaban J connectivity index is 1.14. The van der Waals surface area contributed by atoms with Gasteiger partial charge in [0.2, 0.25) is 5.91 Å². The van der Waals surface area contributed by atoms with Crippen LogP contribution >= 0.6 is 0 Å². The number of nitrogens with one attached hydrogen (secondary N) is 2. The van der Waals surface area contributed by atoms with Gasteiger partial charge in [0.05, 0.1) is 12.7 Å². The van der Waals surface area contributed by atoms with Crippen molar-refractivity contribution in [3.8, 4) is 11.1 Å². The SMILES string of the molecule is C[C@H](OCc1ccccc1)[C@@H](NC(=O)CCCCNC(=O)OCC1c2ccccc2-c2ccccc21)C(=O)O. The Morgan fingerprint density at radius 3 is 2.13 bits per heavy atom. The third-order valence-corrected chi connectivity index (χ3v) is 6.85. The highest BCUT2D eigenvalue weighted by Gasteiger charge is 2.29. The van der Waals surface area contributed by atoms with Crippen molar-refractivity contribution < 1.29 is 29.0 Å². The highest BCUT2D eigenvalue weighted by Crippen LogP contribution is 2.44. The van der Waals surface area contributed by atoms with Gasteiger partial charge in [-0.25, -0.2) is 9.59 Å². The smallest absolute Gasteiger partial charge is 0.407 e. The first-order chi connectivity index (χ1) is 18.9. The number of unbranched alkanes of at least 4 members (excludes halogenated alkanes) is 1. The molecular weight excluding hydrogens is 496 g/mol. The molecule has 3 aromatic carbocycles. The van der Waals surface area contributed by atoms with Crippen molar-refractivity contribution in [1.29, 1.82) is 0 Å². The van der Waals surface area contributed by atoms with E-state index in [0.717, 1.165) is 16.7 Å². The van der Waals surface area contributed by atoms with E-state index < -0.39 is 24.2 Å². The summed E-state index contributed by atoms with van der Waals surface area (Å²) in [6, 6.07) is 24.6. The average molecular weight is 531 g/mol. The van der Waals surface area contributed by atoms with E-state index in [9.17, 15) is 19.5 Å².